The van der Waals surface area contributed by atoms with E-state index in [1.807, 2.05) is 73.1 Å². The Morgan fingerprint density at radius 3 is 2.65 bits per heavy atom. The van der Waals surface area contributed by atoms with Gasteiger partial charge in [-0.05, 0) is 49.2 Å². The van der Waals surface area contributed by atoms with Crippen LogP contribution in [0.25, 0.3) is 11.0 Å². The van der Waals surface area contributed by atoms with Gasteiger partial charge in [-0.2, -0.15) is 0 Å². The lowest BCUT2D eigenvalue weighted by atomic mass is 10.1. The summed E-state index contributed by atoms with van der Waals surface area (Å²) in [5, 5.41) is 2.95. The van der Waals surface area contributed by atoms with E-state index in [9.17, 15) is 9.59 Å². The number of fused-ring (bicyclic) bond motifs is 2. The van der Waals surface area contributed by atoms with E-state index in [4.69, 9.17) is 4.74 Å². The fourth-order valence-electron chi connectivity index (χ4n) is 4.26. The first kappa shape index (κ1) is 21.7. The van der Waals surface area contributed by atoms with Gasteiger partial charge in [-0.3, -0.25) is 9.59 Å². The minimum Gasteiger partial charge on any atom is -0.477 e. The monoisotopic (exact) mass is 454 g/mol. The number of aromatic nitrogens is 2. The van der Waals surface area contributed by atoms with Crippen molar-refractivity contribution in [3.8, 4) is 5.75 Å². The van der Waals surface area contributed by atoms with Crippen LogP contribution in [0.1, 0.15) is 21.7 Å². The summed E-state index contributed by atoms with van der Waals surface area (Å²) in [4.78, 5) is 32.7. The van der Waals surface area contributed by atoms with E-state index >= 15 is 0 Å². The highest BCUT2D eigenvalue weighted by Crippen LogP contribution is 2.34. The normalized spacial score (nSPS) is 15.0. The number of amides is 2. The van der Waals surface area contributed by atoms with Gasteiger partial charge in [-0.15, -0.1) is 0 Å². The largest absolute Gasteiger partial charge is 0.477 e. The number of imidazole rings is 1. The molecule has 3 aromatic carbocycles. The van der Waals surface area contributed by atoms with E-state index < -0.39 is 6.10 Å². The predicted molar refractivity (Wildman–Crippen MR) is 131 cm³/mol. The Kier molecular flexibility index (Phi) is 5.76. The van der Waals surface area contributed by atoms with Crippen LogP contribution < -0.4 is 15.0 Å². The Labute approximate surface area is 198 Å². The van der Waals surface area contributed by atoms with Crippen LogP contribution in [-0.4, -0.2) is 40.6 Å². The van der Waals surface area contributed by atoms with Crippen molar-refractivity contribution in [2.24, 2.45) is 7.05 Å². The summed E-state index contributed by atoms with van der Waals surface area (Å²) in [6.45, 7) is 2.56. The van der Waals surface area contributed by atoms with Gasteiger partial charge < -0.3 is 19.5 Å². The first-order valence-electron chi connectivity index (χ1n) is 11.3. The molecular weight excluding hydrogens is 428 g/mol. The molecule has 2 amide bonds. The summed E-state index contributed by atoms with van der Waals surface area (Å²) >= 11 is 0. The molecule has 0 saturated heterocycles. The van der Waals surface area contributed by atoms with E-state index in [0.717, 1.165) is 28.8 Å². The van der Waals surface area contributed by atoms with E-state index in [1.54, 1.807) is 23.1 Å². The number of para-hydroxylation sites is 2. The number of hydrogen-bond donors (Lipinski definition) is 1. The highest BCUT2D eigenvalue weighted by atomic mass is 16.5. The Hall–Kier alpha value is -4.13. The molecule has 1 aliphatic heterocycles. The lowest BCUT2D eigenvalue weighted by Crippen LogP contribution is -2.51. The number of aryl methyl sites for hydroxylation is 2. The molecule has 172 valence electrons. The summed E-state index contributed by atoms with van der Waals surface area (Å²) in [6.07, 6.45) is -0.0716. The second-order valence-electron chi connectivity index (χ2n) is 8.44. The van der Waals surface area contributed by atoms with Gasteiger partial charge in [0.25, 0.3) is 11.8 Å². The number of carbonyl (C=O) groups is 2. The number of nitrogens with zero attached hydrogens (tertiary/aromatic N) is 3. The number of rotatable bonds is 5. The van der Waals surface area contributed by atoms with Gasteiger partial charge in [0.05, 0.1) is 23.3 Å². The first-order chi connectivity index (χ1) is 16.5. The number of carbonyl (C=O) groups excluding carboxylic acids is 2. The van der Waals surface area contributed by atoms with Gasteiger partial charge in [0.2, 0.25) is 0 Å². The van der Waals surface area contributed by atoms with Crippen molar-refractivity contribution in [1.82, 2.24) is 14.9 Å². The maximum absolute atomic E-state index is 13.6. The van der Waals surface area contributed by atoms with E-state index in [0.29, 0.717) is 23.5 Å². The molecule has 4 aromatic rings. The summed E-state index contributed by atoms with van der Waals surface area (Å²) in [6, 6.07) is 22.8. The van der Waals surface area contributed by atoms with Crippen molar-refractivity contribution in [1.29, 1.82) is 0 Å². The molecule has 1 atom stereocenters. The molecule has 5 rings (SSSR count). The Morgan fingerprint density at radius 1 is 1.06 bits per heavy atom. The standard InChI is InChI=1S/C27H26N4O3/c1-18-29-21-16-20(12-13-22(21)30(18)2)27(33)31-17-25(34-24-11-7-6-10-23(24)31)26(32)28-15-14-19-8-4-3-5-9-19/h3-13,16,25H,14-15,17H2,1-2H3,(H,28,32). The van der Waals surface area contributed by atoms with Crippen molar-refractivity contribution in [3.63, 3.8) is 0 Å². The molecule has 34 heavy (non-hydrogen) atoms. The zero-order chi connectivity index (χ0) is 23.7. The molecule has 0 aliphatic carbocycles. The molecule has 7 nitrogen and oxygen atoms in total. The highest BCUT2D eigenvalue weighted by Gasteiger charge is 2.34. The van der Waals surface area contributed by atoms with Crippen LogP contribution in [0.3, 0.4) is 0 Å². The Balaban J connectivity index is 1.36. The van der Waals surface area contributed by atoms with Gasteiger partial charge in [-0.1, -0.05) is 42.5 Å². The van der Waals surface area contributed by atoms with Crippen LogP contribution in [0, 0.1) is 6.92 Å². The minimum absolute atomic E-state index is 0.131. The fourth-order valence-corrected chi connectivity index (χ4v) is 4.26. The molecule has 7 heteroatoms. The minimum atomic E-state index is -0.796. The molecule has 1 N–H and O–H groups in total. The number of anilines is 1. The van der Waals surface area contributed by atoms with Crippen LogP contribution in [0.15, 0.2) is 72.8 Å². The Morgan fingerprint density at radius 2 is 1.82 bits per heavy atom. The lowest BCUT2D eigenvalue weighted by molar-refractivity contribution is -0.127. The van der Waals surface area contributed by atoms with Crippen molar-refractivity contribution in [2.45, 2.75) is 19.4 Å². The zero-order valence-electron chi connectivity index (χ0n) is 19.2. The second-order valence-corrected chi connectivity index (χ2v) is 8.44. The third-order valence-corrected chi connectivity index (χ3v) is 6.22. The van der Waals surface area contributed by atoms with E-state index in [2.05, 4.69) is 10.3 Å². The number of hydrogen-bond acceptors (Lipinski definition) is 4. The molecule has 0 spiro atoms. The maximum atomic E-state index is 13.6. The number of ether oxygens (including phenoxy) is 1. The van der Waals surface area contributed by atoms with E-state index in [-0.39, 0.29) is 18.4 Å². The van der Waals surface area contributed by atoms with Crippen LogP contribution in [0.4, 0.5) is 5.69 Å². The van der Waals surface area contributed by atoms with Crippen molar-refractivity contribution >= 4 is 28.5 Å². The highest BCUT2D eigenvalue weighted by molar-refractivity contribution is 6.09. The molecule has 0 bridgehead atoms. The molecule has 0 radical (unpaired) electrons. The van der Waals surface area contributed by atoms with Gasteiger partial charge in [0, 0.05) is 19.2 Å². The maximum Gasteiger partial charge on any atom is 0.262 e. The summed E-state index contributed by atoms with van der Waals surface area (Å²) in [5.41, 5.74) is 4.05. The summed E-state index contributed by atoms with van der Waals surface area (Å²) in [7, 11) is 1.95. The van der Waals surface area contributed by atoms with Crippen molar-refractivity contribution in [3.05, 3.63) is 89.7 Å². The quantitative estimate of drug-likeness (QED) is 0.500. The molecular formula is C27H26N4O3. The van der Waals surface area contributed by atoms with Crippen LogP contribution >= 0.6 is 0 Å². The third-order valence-electron chi connectivity index (χ3n) is 6.22. The summed E-state index contributed by atoms with van der Waals surface area (Å²) < 4.78 is 7.97. The average Bonchev–Trinajstić information content (AvgIpc) is 3.16. The van der Waals surface area contributed by atoms with Crippen molar-refractivity contribution < 1.29 is 14.3 Å². The van der Waals surface area contributed by atoms with Gasteiger partial charge in [-0.25, -0.2) is 4.98 Å². The molecule has 1 unspecified atom stereocenters. The van der Waals surface area contributed by atoms with Crippen LogP contribution in [0.5, 0.6) is 5.75 Å². The third kappa shape index (κ3) is 4.12. The molecule has 1 aromatic heterocycles. The number of nitrogens with one attached hydrogen (secondary N) is 1. The SMILES string of the molecule is Cc1nc2cc(C(=O)N3CC(C(=O)NCCc4ccccc4)Oc4ccccc43)ccc2n1C. The molecule has 1 aliphatic rings. The predicted octanol–water partition coefficient (Wildman–Crippen LogP) is 3.65. The lowest BCUT2D eigenvalue weighted by Gasteiger charge is -2.34. The summed E-state index contributed by atoms with van der Waals surface area (Å²) in [5.74, 6) is 0.964. The molecule has 0 saturated carbocycles. The van der Waals surface area contributed by atoms with Gasteiger partial charge in [0.15, 0.2) is 6.10 Å². The van der Waals surface area contributed by atoms with Crippen LogP contribution in [0.2, 0.25) is 0 Å². The topological polar surface area (TPSA) is 76.5 Å². The zero-order valence-corrected chi connectivity index (χ0v) is 19.2. The average molecular weight is 455 g/mol. The Bertz CT molecular complexity index is 1360. The molecule has 2 heterocycles. The van der Waals surface area contributed by atoms with Crippen molar-refractivity contribution in [2.75, 3.05) is 18.0 Å². The fraction of sp³-hybridized carbons (Fsp3) is 0.222. The van der Waals surface area contributed by atoms with E-state index in [1.165, 1.54) is 0 Å². The smallest absolute Gasteiger partial charge is 0.262 e. The van der Waals surface area contributed by atoms with Crippen LogP contribution in [-0.2, 0) is 18.3 Å². The first-order valence-corrected chi connectivity index (χ1v) is 11.3. The van der Waals surface area contributed by atoms with Gasteiger partial charge in [0.1, 0.15) is 11.6 Å². The molecule has 0 fully saturated rings. The second kappa shape index (κ2) is 9.02. The van der Waals surface area contributed by atoms with Gasteiger partial charge >= 0.3 is 0 Å². The number of benzene rings is 3.